The smallest absolute Gasteiger partial charge is 0.234 e. The largest absolute Gasteiger partial charge is 0.325 e. The van der Waals surface area contributed by atoms with Gasteiger partial charge in [0.25, 0.3) is 0 Å². The standard InChI is InChI=1S/C16H19ClN2OS2/c1-10-11(17)6-5-7-12(10)18-14(20)9-22-15-19-13(8-21-15)16(2,3)4/h5-8H,9H2,1-4H3,(H,18,20). The lowest BCUT2D eigenvalue weighted by Gasteiger charge is -2.14. The molecule has 0 atom stereocenters. The molecule has 2 aromatic rings. The highest BCUT2D eigenvalue weighted by atomic mass is 35.5. The molecule has 0 spiro atoms. The fourth-order valence-corrected chi connectivity index (χ4v) is 3.75. The summed E-state index contributed by atoms with van der Waals surface area (Å²) < 4.78 is 0.919. The molecule has 0 fully saturated rings. The number of hydrogen-bond acceptors (Lipinski definition) is 4. The van der Waals surface area contributed by atoms with Gasteiger partial charge in [-0.1, -0.05) is 50.2 Å². The van der Waals surface area contributed by atoms with E-state index in [-0.39, 0.29) is 11.3 Å². The fraction of sp³-hybridized carbons (Fsp3) is 0.375. The second-order valence-corrected chi connectivity index (χ2v) is 8.49. The molecule has 0 aliphatic rings. The van der Waals surface area contributed by atoms with E-state index in [1.165, 1.54) is 11.8 Å². The van der Waals surface area contributed by atoms with E-state index in [0.29, 0.717) is 10.8 Å². The molecule has 0 saturated heterocycles. The van der Waals surface area contributed by atoms with Crippen LogP contribution in [-0.2, 0) is 10.2 Å². The third-order valence-electron chi connectivity index (χ3n) is 3.12. The van der Waals surface area contributed by atoms with Gasteiger partial charge in [-0.3, -0.25) is 4.79 Å². The topological polar surface area (TPSA) is 42.0 Å². The van der Waals surface area contributed by atoms with Crippen LogP contribution in [0.3, 0.4) is 0 Å². The molecule has 0 aliphatic carbocycles. The number of nitrogens with one attached hydrogen (secondary N) is 1. The number of amides is 1. The predicted molar refractivity (Wildman–Crippen MR) is 96.4 cm³/mol. The van der Waals surface area contributed by atoms with Crippen molar-refractivity contribution in [2.75, 3.05) is 11.1 Å². The van der Waals surface area contributed by atoms with Crippen molar-refractivity contribution in [2.45, 2.75) is 37.4 Å². The Morgan fingerprint density at radius 1 is 1.41 bits per heavy atom. The molecular weight excluding hydrogens is 336 g/mol. The molecule has 1 aromatic heterocycles. The highest BCUT2D eigenvalue weighted by Crippen LogP contribution is 2.29. The second kappa shape index (κ2) is 7.02. The van der Waals surface area contributed by atoms with Crippen molar-refractivity contribution in [1.29, 1.82) is 0 Å². The SMILES string of the molecule is Cc1c(Cl)cccc1NC(=O)CSc1nc(C(C)(C)C)cs1. The molecule has 2 rings (SSSR count). The Labute approximate surface area is 144 Å². The Bertz CT molecular complexity index is 677. The van der Waals surface area contributed by atoms with Crippen molar-refractivity contribution in [2.24, 2.45) is 0 Å². The predicted octanol–water partition coefficient (Wildman–Crippen LogP) is 5.13. The van der Waals surface area contributed by atoms with Gasteiger partial charge in [-0.05, 0) is 24.6 Å². The lowest BCUT2D eigenvalue weighted by atomic mass is 9.93. The number of nitrogens with zero attached hydrogens (tertiary/aromatic N) is 1. The van der Waals surface area contributed by atoms with Crippen molar-refractivity contribution in [3.63, 3.8) is 0 Å². The molecule has 1 amide bonds. The van der Waals surface area contributed by atoms with E-state index in [4.69, 9.17) is 11.6 Å². The summed E-state index contributed by atoms with van der Waals surface area (Å²) in [6, 6.07) is 5.49. The average molecular weight is 355 g/mol. The molecule has 0 bridgehead atoms. The van der Waals surface area contributed by atoms with E-state index in [9.17, 15) is 4.79 Å². The summed E-state index contributed by atoms with van der Waals surface area (Å²) in [6.07, 6.45) is 0. The molecule has 0 radical (unpaired) electrons. The van der Waals surface area contributed by atoms with E-state index >= 15 is 0 Å². The molecule has 1 aromatic carbocycles. The summed E-state index contributed by atoms with van der Waals surface area (Å²) in [6.45, 7) is 8.28. The van der Waals surface area contributed by atoms with E-state index in [1.807, 2.05) is 25.1 Å². The van der Waals surface area contributed by atoms with Gasteiger partial charge < -0.3 is 5.32 Å². The number of carbonyl (C=O) groups is 1. The number of carbonyl (C=O) groups excluding carboxylic acids is 1. The van der Waals surface area contributed by atoms with Crippen LogP contribution in [0.4, 0.5) is 5.69 Å². The number of benzene rings is 1. The highest BCUT2D eigenvalue weighted by Gasteiger charge is 2.18. The minimum absolute atomic E-state index is 0.0372. The van der Waals surface area contributed by atoms with Crippen LogP contribution in [0, 0.1) is 6.92 Å². The molecule has 1 heterocycles. The summed E-state index contributed by atoms with van der Waals surface area (Å²) in [4.78, 5) is 16.6. The monoisotopic (exact) mass is 354 g/mol. The van der Waals surface area contributed by atoms with Crippen LogP contribution in [0.5, 0.6) is 0 Å². The quantitative estimate of drug-likeness (QED) is 0.773. The maximum absolute atomic E-state index is 12.1. The van der Waals surface area contributed by atoms with Crippen LogP contribution < -0.4 is 5.32 Å². The van der Waals surface area contributed by atoms with Gasteiger partial charge in [0.05, 0.1) is 11.4 Å². The van der Waals surface area contributed by atoms with Crippen molar-refractivity contribution in [3.05, 3.63) is 39.9 Å². The molecule has 22 heavy (non-hydrogen) atoms. The Morgan fingerprint density at radius 2 is 2.14 bits per heavy atom. The van der Waals surface area contributed by atoms with Gasteiger partial charge in [-0.2, -0.15) is 0 Å². The van der Waals surface area contributed by atoms with E-state index in [0.717, 1.165) is 21.3 Å². The molecule has 6 heteroatoms. The lowest BCUT2D eigenvalue weighted by molar-refractivity contribution is -0.113. The lowest BCUT2D eigenvalue weighted by Crippen LogP contribution is -2.15. The van der Waals surface area contributed by atoms with Gasteiger partial charge in [-0.25, -0.2) is 4.98 Å². The molecule has 0 aliphatic heterocycles. The van der Waals surface area contributed by atoms with Crippen LogP contribution in [0.2, 0.25) is 5.02 Å². The number of thiazole rings is 1. The molecule has 118 valence electrons. The fourth-order valence-electron chi connectivity index (χ4n) is 1.72. The molecule has 1 N–H and O–H groups in total. The van der Waals surface area contributed by atoms with Crippen molar-refractivity contribution >= 4 is 46.3 Å². The van der Waals surface area contributed by atoms with Gasteiger partial charge in [0.15, 0.2) is 4.34 Å². The third kappa shape index (κ3) is 4.48. The van der Waals surface area contributed by atoms with Gasteiger partial charge in [-0.15, -0.1) is 11.3 Å². The van der Waals surface area contributed by atoms with Gasteiger partial charge in [0, 0.05) is 21.5 Å². The zero-order chi connectivity index (χ0) is 16.3. The number of hydrogen-bond donors (Lipinski definition) is 1. The van der Waals surface area contributed by atoms with Gasteiger partial charge in [0.2, 0.25) is 5.91 Å². The van der Waals surface area contributed by atoms with Gasteiger partial charge in [0.1, 0.15) is 0 Å². The van der Waals surface area contributed by atoms with Crippen molar-refractivity contribution in [3.8, 4) is 0 Å². The van der Waals surface area contributed by atoms with E-state index in [1.54, 1.807) is 11.3 Å². The first-order valence-corrected chi connectivity index (χ1v) is 9.15. The second-order valence-electron chi connectivity index (χ2n) is 6.00. The minimum atomic E-state index is -0.0529. The number of thioether (sulfide) groups is 1. The number of aromatic nitrogens is 1. The zero-order valence-electron chi connectivity index (χ0n) is 13.1. The summed E-state index contributed by atoms with van der Waals surface area (Å²) in [5.74, 6) is 0.283. The Hall–Kier alpha value is -1.04. The first-order valence-electron chi connectivity index (χ1n) is 6.91. The number of anilines is 1. The van der Waals surface area contributed by atoms with Crippen LogP contribution in [-0.4, -0.2) is 16.6 Å². The Balaban J connectivity index is 1.93. The van der Waals surface area contributed by atoms with Crippen LogP contribution >= 0.6 is 34.7 Å². The van der Waals surface area contributed by atoms with E-state index < -0.39 is 0 Å². The Kier molecular flexibility index (Phi) is 5.53. The third-order valence-corrected chi connectivity index (χ3v) is 5.55. The van der Waals surface area contributed by atoms with Crippen LogP contribution in [0.1, 0.15) is 32.0 Å². The Morgan fingerprint density at radius 3 is 2.77 bits per heavy atom. The van der Waals surface area contributed by atoms with Crippen LogP contribution in [0.15, 0.2) is 27.9 Å². The van der Waals surface area contributed by atoms with Gasteiger partial charge >= 0.3 is 0 Å². The number of halogens is 1. The highest BCUT2D eigenvalue weighted by molar-refractivity contribution is 8.01. The van der Waals surface area contributed by atoms with E-state index in [2.05, 4.69) is 36.5 Å². The van der Waals surface area contributed by atoms with Crippen molar-refractivity contribution in [1.82, 2.24) is 4.98 Å². The molecule has 0 saturated carbocycles. The zero-order valence-corrected chi connectivity index (χ0v) is 15.5. The summed E-state index contributed by atoms with van der Waals surface area (Å²) in [7, 11) is 0. The molecule has 3 nitrogen and oxygen atoms in total. The number of rotatable bonds is 4. The summed E-state index contributed by atoms with van der Waals surface area (Å²) in [5.41, 5.74) is 2.74. The normalized spacial score (nSPS) is 11.5. The van der Waals surface area contributed by atoms with Crippen LogP contribution in [0.25, 0.3) is 0 Å². The first kappa shape index (κ1) is 17.3. The maximum atomic E-state index is 12.1. The molecule has 0 unspecified atom stereocenters. The average Bonchev–Trinajstić information content (AvgIpc) is 2.91. The summed E-state index contributed by atoms with van der Waals surface area (Å²) >= 11 is 9.09. The first-order chi connectivity index (χ1) is 10.3. The minimum Gasteiger partial charge on any atom is -0.325 e. The molecular formula is C16H19ClN2OS2. The summed E-state index contributed by atoms with van der Waals surface area (Å²) in [5, 5.41) is 5.60. The maximum Gasteiger partial charge on any atom is 0.234 e. The van der Waals surface area contributed by atoms with Crippen molar-refractivity contribution < 1.29 is 4.79 Å².